The highest BCUT2D eigenvalue weighted by molar-refractivity contribution is 9.10. The lowest BCUT2D eigenvalue weighted by molar-refractivity contribution is 0.281. The van der Waals surface area contributed by atoms with Crippen molar-refractivity contribution in [3.05, 3.63) is 67.6 Å². The second-order valence-electron chi connectivity index (χ2n) is 4.43. The Hall–Kier alpha value is -0.160. The molecule has 2 rings (SSSR count). The van der Waals surface area contributed by atoms with Crippen LogP contribution in [-0.2, 0) is 11.9 Å². The number of hydrogen-bond acceptors (Lipinski definition) is 1. The molecule has 0 atom stereocenters. The first-order valence-corrected chi connectivity index (χ1v) is 8.85. The van der Waals surface area contributed by atoms with E-state index in [1.165, 1.54) is 11.1 Å². The summed E-state index contributed by atoms with van der Waals surface area (Å²) in [4.78, 5) is 0. The molecule has 2 aromatic carbocycles. The van der Waals surface area contributed by atoms with Gasteiger partial charge in [0.15, 0.2) is 0 Å². The first-order chi connectivity index (χ1) is 9.47. The average Bonchev–Trinajstić information content (AvgIpc) is 2.40. The summed E-state index contributed by atoms with van der Waals surface area (Å²) in [5.74, 6) is 0. The number of hydrogen-bond donors (Lipinski definition) is 1. The molecular formula is C16H17Br3O. The Morgan fingerprint density at radius 1 is 0.850 bits per heavy atom. The number of halogens is 3. The summed E-state index contributed by atoms with van der Waals surface area (Å²) < 4.78 is 2.21. The Kier molecular flexibility index (Phi) is 8.03. The molecule has 0 aliphatic rings. The van der Waals surface area contributed by atoms with E-state index < -0.39 is 0 Å². The van der Waals surface area contributed by atoms with Gasteiger partial charge in [0.2, 0.25) is 0 Å². The SMILES string of the molecule is Cc1cc(Br)ccc1CBr.Cc1cc(Br)ccc1CO. The van der Waals surface area contributed by atoms with Gasteiger partial charge in [0, 0.05) is 14.3 Å². The quantitative estimate of drug-likeness (QED) is 0.548. The second-order valence-corrected chi connectivity index (χ2v) is 6.83. The largest absolute Gasteiger partial charge is 0.392 e. The van der Waals surface area contributed by atoms with Gasteiger partial charge >= 0.3 is 0 Å². The lowest BCUT2D eigenvalue weighted by atomic mass is 10.1. The maximum atomic E-state index is 8.79. The summed E-state index contributed by atoms with van der Waals surface area (Å²) in [5, 5.41) is 9.73. The van der Waals surface area contributed by atoms with E-state index in [2.05, 4.69) is 72.9 Å². The van der Waals surface area contributed by atoms with E-state index in [-0.39, 0.29) is 6.61 Å². The first-order valence-electron chi connectivity index (χ1n) is 6.14. The highest BCUT2D eigenvalue weighted by Crippen LogP contribution is 2.17. The van der Waals surface area contributed by atoms with Gasteiger partial charge in [-0.05, 0) is 60.4 Å². The van der Waals surface area contributed by atoms with Crippen molar-refractivity contribution in [3.63, 3.8) is 0 Å². The van der Waals surface area contributed by atoms with Crippen LogP contribution in [0, 0.1) is 13.8 Å². The molecule has 0 aromatic heterocycles. The highest BCUT2D eigenvalue weighted by Gasteiger charge is 1.95. The molecule has 20 heavy (non-hydrogen) atoms. The highest BCUT2D eigenvalue weighted by atomic mass is 79.9. The molecule has 0 aliphatic carbocycles. The fourth-order valence-electron chi connectivity index (χ4n) is 1.65. The molecule has 0 saturated carbocycles. The molecule has 4 heteroatoms. The molecular weight excluding hydrogens is 448 g/mol. The van der Waals surface area contributed by atoms with Gasteiger partial charge < -0.3 is 5.11 Å². The number of alkyl halides is 1. The molecule has 0 bridgehead atoms. The maximum Gasteiger partial charge on any atom is 0.0684 e. The molecule has 0 spiro atoms. The molecule has 0 aliphatic heterocycles. The van der Waals surface area contributed by atoms with Crippen molar-refractivity contribution in [2.75, 3.05) is 0 Å². The predicted molar refractivity (Wildman–Crippen MR) is 96.3 cm³/mol. The molecule has 0 radical (unpaired) electrons. The Labute approximate surface area is 145 Å². The van der Waals surface area contributed by atoms with Gasteiger partial charge in [-0.2, -0.15) is 0 Å². The molecule has 2 aromatic rings. The summed E-state index contributed by atoms with van der Waals surface area (Å²) in [7, 11) is 0. The van der Waals surface area contributed by atoms with Crippen molar-refractivity contribution >= 4 is 47.8 Å². The minimum Gasteiger partial charge on any atom is -0.392 e. The lowest BCUT2D eigenvalue weighted by Crippen LogP contribution is -1.86. The molecule has 0 saturated heterocycles. The summed E-state index contributed by atoms with van der Waals surface area (Å²) in [6, 6.07) is 12.1. The molecule has 0 heterocycles. The van der Waals surface area contributed by atoms with E-state index in [1.807, 2.05) is 25.1 Å². The minimum atomic E-state index is 0.124. The monoisotopic (exact) mass is 462 g/mol. The van der Waals surface area contributed by atoms with Crippen LogP contribution in [-0.4, -0.2) is 5.11 Å². The van der Waals surface area contributed by atoms with Gasteiger partial charge in [0.25, 0.3) is 0 Å². The van der Waals surface area contributed by atoms with Gasteiger partial charge in [-0.1, -0.05) is 59.9 Å². The summed E-state index contributed by atoms with van der Waals surface area (Å²) >= 11 is 10.2. The standard InChI is InChI=1S/C8H8Br2.C8H9BrO/c1-6-4-8(10)3-2-7(6)5-9;1-6-4-8(9)3-2-7(6)5-10/h2-4H,5H2,1H3;2-4,10H,5H2,1H3. The third-order valence-corrected chi connectivity index (χ3v) is 4.51. The van der Waals surface area contributed by atoms with Gasteiger partial charge in [0.1, 0.15) is 0 Å². The zero-order valence-corrected chi connectivity index (χ0v) is 16.2. The smallest absolute Gasteiger partial charge is 0.0684 e. The Balaban J connectivity index is 0.000000200. The summed E-state index contributed by atoms with van der Waals surface area (Å²) in [6.07, 6.45) is 0. The predicted octanol–water partition coefficient (Wildman–Crippen LogP) is 5.90. The van der Waals surface area contributed by atoms with Crippen LogP contribution in [0.1, 0.15) is 22.3 Å². The van der Waals surface area contributed by atoms with E-state index in [4.69, 9.17) is 5.11 Å². The normalized spacial score (nSPS) is 9.90. The third-order valence-electron chi connectivity index (χ3n) is 2.92. The molecule has 1 N–H and O–H groups in total. The van der Waals surface area contributed by atoms with Crippen molar-refractivity contribution < 1.29 is 5.11 Å². The van der Waals surface area contributed by atoms with Crippen LogP contribution in [0.25, 0.3) is 0 Å². The summed E-state index contributed by atoms with van der Waals surface area (Å²) in [5.41, 5.74) is 4.79. The zero-order valence-electron chi connectivity index (χ0n) is 11.5. The number of aryl methyl sites for hydroxylation is 2. The number of rotatable bonds is 2. The van der Waals surface area contributed by atoms with Gasteiger partial charge in [0.05, 0.1) is 6.61 Å². The number of aliphatic hydroxyl groups excluding tert-OH is 1. The molecule has 0 fully saturated rings. The zero-order chi connectivity index (χ0) is 15.1. The van der Waals surface area contributed by atoms with E-state index in [9.17, 15) is 0 Å². The Morgan fingerprint density at radius 2 is 1.30 bits per heavy atom. The molecule has 0 unspecified atom stereocenters. The maximum absolute atomic E-state index is 8.79. The second kappa shape index (κ2) is 8.98. The molecule has 1 nitrogen and oxygen atoms in total. The number of benzene rings is 2. The number of aliphatic hydroxyl groups is 1. The fourth-order valence-corrected chi connectivity index (χ4v) is 3.23. The first kappa shape index (κ1) is 17.9. The molecule has 108 valence electrons. The van der Waals surface area contributed by atoms with E-state index >= 15 is 0 Å². The van der Waals surface area contributed by atoms with Crippen molar-refractivity contribution in [2.45, 2.75) is 25.8 Å². The van der Waals surface area contributed by atoms with Crippen LogP contribution >= 0.6 is 47.8 Å². The van der Waals surface area contributed by atoms with Crippen LogP contribution in [0.5, 0.6) is 0 Å². The van der Waals surface area contributed by atoms with E-state index in [1.54, 1.807) is 0 Å². The van der Waals surface area contributed by atoms with Crippen LogP contribution < -0.4 is 0 Å². The fraction of sp³-hybridized carbons (Fsp3) is 0.250. The average molecular weight is 465 g/mol. The topological polar surface area (TPSA) is 20.2 Å². The third kappa shape index (κ3) is 5.68. The lowest BCUT2D eigenvalue weighted by Gasteiger charge is -2.00. The van der Waals surface area contributed by atoms with Crippen LogP contribution in [0.3, 0.4) is 0 Å². The van der Waals surface area contributed by atoms with Gasteiger partial charge in [-0.3, -0.25) is 0 Å². The Morgan fingerprint density at radius 3 is 1.65 bits per heavy atom. The van der Waals surface area contributed by atoms with Gasteiger partial charge in [-0.15, -0.1) is 0 Å². The van der Waals surface area contributed by atoms with Crippen molar-refractivity contribution in [2.24, 2.45) is 0 Å². The van der Waals surface area contributed by atoms with Crippen LogP contribution in [0.2, 0.25) is 0 Å². The Bertz CT molecular complexity index is 516. The van der Waals surface area contributed by atoms with Crippen LogP contribution in [0.4, 0.5) is 0 Å². The minimum absolute atomic E-state index is 0.124. The van der Waals surface area contributed by atoms with E-state index in [0.29, 0.717) is 0 Å². The van der Waals surface area contributed by atoms with Crippen molar-refractivity contribution in [1.29, 1.82) is 0 Å². The summed E-state index contributed by atoms with van der Waals surface area (Å²) in [6.45, 7) is 4.22. The molecule has 0 amide bonds. The van der Waals surface area contributed by atoms with Crippen molar-refractivity contribution in [1.82, 2.24) is 0 Å². The van der Waals surface area contributed by atoms with Crippen molar-refractivity contribution in [3.8, 4) is 0 Å². The van der Waals surface area contributed by atoms with Crippen LogP contribution in [0.15, 0.2) is 45.3 Å². The van der Waals surface area contributed by atoms with E-state index in [0.717, 1.165) is 25.4 Å². The van der Waals surface area contributed by atoms with Gasteiger partial charge in [-0.25, -0.2) is 0 Å².